The number of likely N-dealkylation sites (tertiary alicyclic amines) is 1. The van der Waals surface area contributed by atoms with Gasteiger partial charge in [0.25, 0.3) is 0 Å². The zero-order valence-electron chi connectivity index (χ0n) is 7.78. The first-order valence-electron chi connectivity index (χ1n) is 4.63. The van der Waals surface area contributed by atoms with Gasteiger partial charge in [0, 0.05) is 19.6 Å². The molecule has 1 saturated heterocycles. The molecule has 1 fully saturated rings. The highest BCUT2D eigenvalue weighted by Gasteiger charge is 2.25. The van der Waals surface area contributed by atoms with Gasteiger partial charge >= 0.3 is 0 Å². The Morgan fingerprint density at radius 1 is 1.36 bits per heavy atom. The summed E-state index contributed by atoms with van der Waals surface area (Å²) in [5, 5.41) is 8.59. The largest absolute Gasteiger partial charge is 0.293 e. The summed E-state index contributed by atoms with van der Waals surface area (Å²) in [7, 11) is 0. The van der Waals surface area contributed by atoms with Gasteiger partial charge in [-0.05, 0) is 17.7 Å². The summed E-state index contributed by atoms with van der Waals surface area (Å²) < 4.78 is 12.5. The Labute approximate surface area is 82.6 Å². The Morgan fingerprint density at radius 2 is 2.00 bits per heavy atom. The van der Waals surface area contributed by atoms with Crippen molar-refractivity contribution in [2.45, 2.75) is 12.7 Å². The van der Waals surface area contributed by atoms with Crippen molar-refractivity contribution in [2.24, 2.45) is 0 Å². The SMILES string of the molecule is N#Cc1ccc(CN2CC(F)C2)cc1. The molecule has 0 aromatic heterocycles. The van der Waals surface area contributed by atoms with E-state index in [2.05, 4.69) is 6.07 Å². The molecule has 0 saturated carbocycles. The number of nitriles is 1. The van der Waals surface area contributed by atoms with Crippen molar-refractivity contribution in [2.75, 3.05) is 13.1 Å². The maximum atomic E-state index is 12.5. The first-order valence-corrected chi connectivity index (χ1v) is 4.63. The molecule has 0 radical (unpaired) electrons. The van der Waals surface area contributed by atoms with Crippen LogP contribution in [0.1, 0.15) is 11.1 Å². The third-order valence-electron chi connectivity index (χ3n) is 2.40. The van der Waals surface area contributed by atoms with Gasteiger partial charge in [-0.15, -0.1) is 0 Å². The second kappa shape index (κ2) is 3.77. The van der Waals surface area contributed by atoms with Crippen LogP contribution in [0.2, 0.25) is 0 Å². The summed E-state index contributed by atoms with van der Waals surface area (Å²) in [6, 6.07) is 9.50. The van der Waals surface area contributed by atoms with Gasteiger partial charge in [-0.1, -0.05) is 12.1 Å². The molecule has 1 heterocycles. The molecule has 1 aliphatic rings. The highest BCUT2D eigenvalue weighted by Crippen LogP contribution is 2.15. The van der Waals surface area contributed by atoms with Crippen LogP contribution in [0.4, 0.5) is 4.39 Å². The summed E-state index contributed by atoms with van der Waals surface area (Å²) >= 11 is 0. The highest BCUT2D eigenvalue weighted by atomic mass is 19.1. The number of nitrogens with zero attached hydrogens (tertiary/aromatic N) is 2. The quantitative estimate of drug-likeness (QED) is 0.709. The van der Waals surface area contributed by atoms with Crippen molar-refractivity contribution in [3.8, 4) is 6.07 Å². The van der Waals surface area contributed by atoms with Crippen molar-refractivity contribution >= 4 is 0 Å². The van der Waals surface area contributed by atoms with Gasteiger partial charge in [0.2, 0.25) is 0 Å². The Morgan fingerprint density at radius 3 is 2.50 bits per heavy atom. The highest BCUT2D eigenvalue weighted by molar-refractivity contribution is 5.31. The second-order valence-electron chi connectivity index (χ2n) is 3.60. The van der Waals surface area contributed by atoms with E-state index in [-0.39, 0.29) is 0 Å². The lowest BCUT2D eigenvalue weighted by molar-refractivity contribution is 0.0591. The average Bonchev–Trinajstić information content (AvgIpc) is 2.17. The van der Waals surface area contributed by atoms with Crippen LogP contribution in [0.25, 0.3) is 0 Å². The molecule has 0 aliphatic carbocycles. The standard InChI is InChI=1S/C11H11FN2/c12-11-7-14(8-11)6-10-3-1-9(5-13)2-4-10/h1-4,11H,6-8H2. The van der Waals surface area contributed by atoms with E-state index in [1.807, 2.05) is 17.0 Å². The van der Waals surface area contributed by atoms with Crippen LogP contribution in [0, 0.1) is 11.3 Å². The normalized spacial score (nSPS) is 17.4. The summed E-state index contributed by atoms with van der Waals surface area (Å²) in [5.74, 6) is 0. The first kappa shape index (κ1) is 9.17. The van der Waals surface area contributed by atoms with Gasteiger partial charge in [-0.3, -0.25) is 4.90 Å². The molecule has 72 valence electrons. The molecule has 0 unspecified atom stereocenters. The Kier molecular flexibility index (Phi) is 2.47. The van der Waals surface area contributed by atoms with E-state index in [0.29, 0.717) is 18.7 Å². The van der Waals surface area contributed by atoms with Gasteiger partial charge in [0.1, 0.15) is 6.17 Å². The molecule has 0 amide bonds. The number of hydrogen-bond acceptors (Lipinski definition) is 2. The molecule has 1 aromatic rings. The summed E-state index contributed by atoms with van der Waals surface area (Å²) in [4.78, 5) is 2.05. The van der Waals surface area contributed by atoms with Crippen molar-refractivity contribution in [3.05, 3.63) is 35.4 Å². The van der Waals surface area contributed by atoms with Gasteiger partial charge in [-0.25, -0.2) is 4.39 Å². The zero-order valence-corrected chi connectivity index (χ0v) is 7.78. The molecule has 2 nitrogen and oxygen atoms in total. The van der Waals surface area contributed by atoms with Crippen molar-refractivity contribution in [1.29, 1.82) is 5.26 Å². The molecular formula is C11H11FN2. The predicted molar refractivity (Wildman–Crippen MR) is 51.3 cm³/mol. The van der Waals surface area contributed by atoms with Crippen LogP contribution in [-0.2, 0) is 6.54 Å². The third kappa shape index (κ3) is 1.91. The van der Waals surface area contributed by atoms with E-state index in [1.165, 1.54) is 0 Å². The van der Waals surface area contributed by atoms with E-state index in [0.717, 1.165) is 12.1 Å². The molecule has 0 spiro atoms. The van der Waals surface area contributed by atoms with E-state index >= 15 is 0 Å². The number of benzene rings is 1. The topological polar surface area (TPSA) is 27.0 Å². The average molecular weight is 190 g/mol. The number of hydrogen-bond donors (Lipinski definition) is 0. The summed E-state index contributed by atoms with van der Waals surface area (Å²) in [5.41, 5.74) is 1.80. The van der Waals surface area contributed by atoms with Crippen LogP contribution in [0.15, 0.2) is 24.3 Å². The minimum absolute atomic E-state index is 0.542. The van der Waals surface area contributed by atoms with Gasteiger partial charge in [0.05, 0.1) is 11.6 Å². The molecule has 14 heavy (non-hydrogen) atoms. The lowest BCUT2D eigenvalue weighted by Crippen LogP contribution is -2.47. The summed E-state index contributed by atoms with van der Waals surface area (Å²) in [6.07, 6.45) is -0.645. The Bertz CT molecular complexity index is 347. The minimum Gasteiger partial charge on any atom is -0.293 e. The van der Waals surface area contributed by atoms with E-state index in [4.69, 9.17) is 5.26 Å². The number of halogens is 1. The fourth-order valence-electron chi connectivity index (χ4n) is 1.58. The molecule has 1 aromatic carbocycles. The maximum Gasteiger partial charge on any atom is 0.125 e. The predicted octanol–water partition coefficient (Wildman–Crippen LogP) is 1.71. The van der Waals surface area contributed by atoms with Gasteiger partial charge in [-0.2, -0.15) is 5.26 Å². The van der Waals surface area contributed by atoms with Crippen molar-refractivity contribution < 1.29 is 4.39 Å². The molecule has 0 atom stereocenters. The number of rotatable bonds is 2. The maximum absolute atomic E-state index is 12.5. The van der Waals surface area contributed by atoms with Crippen LogP contribution in [0.5, 0.6) is 0 Å². The third-order valence-corrected chi connectivity index (χ3v) is 2.40. The van der Waals surface area contributed by atoms with Crippen LogP contribution < -0.4 is 0 Å². The molecular weight excluding hydrogens is 179 g/mol. The van der Waals surface area contributed by atoms with Crippen molar-refractivity contribution in [1.82, 2.24) is 4.90 Å². The Hall–Kier alpha value is -1.40. The van der Waals surface area contributed by atoms with E-state index < -0.39 is 6.17 Å². The number of alkyl halides is 1. The lowest BCUT2D eigenvalue weighted by atomic mass is 10.1. The smallest absolute Gasteiger partial charge is 0.125 e. The van der Waals surface area contributed by atoms with Gasteiger partial charge in [0.15, 0.2) is 0 Å². The van der Waals surface area contributed by atoms with Gasteiger partial charge < -0.3 is 0 Å². The van der Waals surface area contributed by atoms with Crippen LogP contribution in [0.3, 0.4) is 0 Å². The van der Waals surface area contributed by atoms with Crippen molar-refractivity contribution in [3.63, 3.8) is 0 Å². The monoisotopic (exact) mass is 190 g/mol. The summed E-state index contributed by atoms with van der Waals surface area (Å²) in [6.45, 7) is 1.87. The molecule has 1 aliphatic heterocycles. The first-order chi connectivity index (χ1) is 6.78. The molecule has 0 bridgehead atoms. The fourth-order valence-corrected chi connectivity index (χ4v) is 1.58. The lowest BCUT2D eigenvalue weighted by Gasteiger charge is -2.34. The zero-order chi connectivity index (χ0) is 9.97. The second-order valence-corrected chi connectivity index (χ2v) is 3.60. The Balaban J connectivity index is 1.94. The van der Waals surface area contributed by atoms with E-state index in [9.17, 15) is 4.39 Å². The minimum atomic E-state index is -0.645. The molecule has 2 rings (SSSR count). The fraction of sp³-hybridized carbons (Fsp3) is 0.364. The molecule has 0 N–H and O–H groups in total. The van der Waals surface area contributed by atoms with Crippen LogP contribution >= 0.6 is 0 Å². The molecule has 3 heteroatoms. The van der Waals surface area contributed by atoms with Crippen LogP contribution in [-0.4, -0.2) is 24.2 Å². The van der Waals surface area contributed by atoms with E-state index in [1.54, 1.807) is 12.1 Å².